The Bertz CT molecular complexity index is 407. The minimum absolute atomic E-state index is 0.440. The van der Waals surface area contributed by atoms with E-state index in [0.29, 0.717) is 5.88 Å². The Hall–Kier alpha value is -0.800. The Labute approximate surface area is 85.1 Å². The molecule has 0 N–H and O–H groups in total. The van der Waals surface area contributed by atoms with E-state index >= 15 is 0 Å². The number of thiophene rings is 1. The maximum atomic E-state index is 5.73. The molecule has 13 heavy (non-hydrogen) atoms. The lowest BCUT2D eigenvalue weighted by Crippen LogP contribution is -1.75. The fraction of sp³-hybridized carbons (Fsp3) is 0.222. The fourth-order valence-electron chi connectivity index (χ4n) is 1.11. The Morgan fingerprint density at radius 2 is 2.46 bits per heavy atom. The van der Waals surface area contributed by atoms with Gasteiger partial charge in [-0.1, -0.05) is 5.16 Å². The predicted molar refractivity (Wildman–Crippen MR) is 54.1 cm³/mol. The van der Waals surface area contributed by atoms with E-state index in [0.717, 1.165) is 16.2 Å². The largest absolute Gasteiger partial charge is 0.355 e. The van der Waals surface area contributed by atoms with Gasteiger partial charge in [0.25, 0.3) is 0 Å². The first-order valence-corrected chi connectivity index (χ1v) is 5.27. The molecular weight excluding hydrogens is 206 g/mol. The highest BCUT2D eigenvalue weighted by Gasteiger charge is 2.10. The van der Waals surface area contributed by atoms with E-state index in [1.807, 2.05) is 0 Å². The summed E-state index contributed by atoms with van der Waals surface area (Å²) in [6.45, 7) is 2.05. The summed E-state index contributed by atoms with van der Waals surface area (Å²) in [5.41, 5.74) is 2.18. The minimum Gasteiger partial charge on any atom is -0.355 e. The molecule has 0 saturated carbocycles. The van der Waals surface area contributed by atoms with E-state index in [1.165, 1.54) is 5.56 Å². The summed E-state index contributed by atoms with van der Waals surface area (Å²) >= 11 is 7.38. The Morgan fingerprint density at radius 1 is 1.62 bits per heavy atom. The summed E-state index contributed by atoms with van der Waals surface area (Å²) in [6, 6.07) is 2.07. The van der Waals surface area contributed by atoms with Crippen LogP contribution in [0, 0.1) is 6.92 Å². The van der Waals surface area contributed by atoms with Crippen molar-refractivity contribution in [3.8, 4) is 10.6 Å². The quantitative estimate of drug-likeness (QED) is 0.715. The van der Waals surface area contributed by atoms with Crippen LogP contribution in [-0.2, 0) is 5.88 Å². The van der Waals surface area contributed by atoms with Gasteiger partial charge in [0.05, 0.1) is 17.0 Å². The van der Waals surface area contributed by atoms with Gasteiger partial charge >= 0.3 is 0 Å². The highest BCUT2D eigenvalue weighted by atomic mass is 35.5. The first kappa shape index (κ1) is 8.78. The molecule has 0 fully saturated rings. The van der Waals surface area contributed by atoms with Crippen LogP contribution < -0.4 is 0 Å². The van der Waals surface area contributed by atoms with E-state index in [9.17, 15) is 0 Å². The lowest BCUT2D eigenvalue weighted by molar-refractivity contribution is 0.432. The van der Waals surface area contributed by atoms with Gasteiger partial charge in [-0.25, -0.2) is 0 Å². The molecule has 0 aromatic carbocycles. The molecule has 68 valence electrons. The molecule has 0 radical (unpaired) electrons. The second-order valence-corrected chi connectivity index (χ2v) is 3.98. The average Bonchev–Trinajstić information content (AvgIpc) is 2.71. The van der Waals surface area contributed by atoms with Crippen LogP contribution in [-0.4, -0.2) is 5.16 Å². The molecule has 0 aliphatic heterocycles. The van der Waals surface area contributed by atoms with Crippen molar-refractivity contribution in [1.82, 2.24) is 5.16 Å². The molecule has 0 spiro atoms. The molecule has 0 atom stereocenters. The van der Waals surface area contributed by atoms with Gasteiger partial charge in [0, 0.05) is 5.56 Å². The van der Waals surface area contributed by atoms with E-state index in [1.54, 1.807) is 17.5 Å². The average molecular weight is 214 g/mol. The van der Waals surface area contributed by atoms with E-state index in [-0.39, 0.29) is 0 Å². The van der Waals surface area contributed by atoms with E-state index in [4.69, 9.17) is 16.1 Å². The van der Waals surface area contributed by atoms with Crippen LogP contribution >= 0.6 is 22.9 Å². The van der Waals surface area contributed by atoms with Crippen LogP contribution in [0.3, 0.4) is 0 Å². The molecule has 0 bridgehead atoms. The monoisotopic (exact) mass is 213 g/mol. The first-order chi connectivity index (χ1) is 6.31. The Kier molecular flexibility index (Phi) is 2.38. The zero-order valence-electron chi connectivity index (χ0n) is 7.08. The molecule has 2 aromatic rings. The highest BCUT2D eigenvalue weighted by molar-refractivity contribution is 7.13. The van der Waals surface area contributed by atoms with Crippen LogP contribution in [0.4, 0.5) is 0 Å². The van der Waals surface area contributed by atoms with Gasteiger partial charge < -0.3 is 4.52 Å². The number of aryl methyl sites for hydroxylation is 1. The van der Waals surface area contributed by atoms with Crippen molar-refractivity contribution in [3.63, 3.8) is 0 Å². The van der Waals surface area contributed by atoms with Crippen LogP contribution in [0.15, 0.2) is 22.2 Å². The summed E-state index contributed by atoms with van der Waals surface area (Å²) < 4.78 is 5.13. The van der Waals surface area contributed by atoms with Gasteiger partial charge in [-0.05, 0) is 23.9 Å². The lowest BCUT2D eigenvalue weighted by atomic mass is 10.2. The molecular formula is C9H8ClNOS. The summed E-state index contributed by atoms with van der Waals surface area (Å²) in [6.07, 6.45) is 1.66. The van der Waals surface area contributed by atoms with Crippen LogP contribution in [0.5, 0.6) is 0 Å². The number of halogens is 1. The summed E-state index contributed by atoms with van der Waals surface area (Å²) in [5.74, 6) is 1.24. The highest BCUT2D eigenvalue weighted by Crippen LogP contribution is 2.30. The van der Waals surface area contributed by atoms with Crippen molar-refractivity contribution in [1.29, 1.82) is 0 Å². The minimum atomic E-state index is 0.440. The molecule has 2 rings (SSSR count). The second kappa shape index (κ2) is 3.52. The normalized spacial score (nSPS) is 10.6. The fourth-order valence-corrected chi connectivity index (χ4v) is 2.21. The van der Waals surface area contributed by atoms with Crippen molar-refractivity contribution >= 4 is 22.9 Å². The van der Waals surface area contributed by atoms with Crippen LogP contribution in [0.1, 0.15) is 11.1 Å². The van der Waals surface area contributed by atoms with Gasteiger partial charge in [0.15, 0.2) is 5.76 Å². The van der Waals surface area contributed by atoms with Crippen molar-refractivity contribution in [2.24, 2.45) is 0 Å². The molecule has 0 aliphatic rings. The smallest absolute Gasteiger partial charge is 0.181 e. The molecule has 0 aliphatic carbocycles. The maximum Gasteiger partial charge on any atom is 0.181 e. The molecule has 0 unspecified atom stereocenters. The zero-order chi connectivity index (χ0) is 9.26. The third-order valence-corrected chi connectivity index (χ3v) is 3.08. The van der Waals surface area contributed by atoms with Crippen LogP contribution in [0.25, 0.3) is 10.6 Å². The van der Waals surface area contributed by atoms with E-state index in [2.05, 4.69) is 23.5 Å². The number of nitrogens with zero attached hydrogens (tertiary/aromatic N) is 1. The SMILES string of the molecule is Cc1csc(-c2oncc2CCl)c1. The summed E-state index contributed by atoms with van der Waals surface area (Å²) in [4.78, 5) is 1.09. The molecule has 2 aromatic heterocycles. The van der Waals surface area contributed by atoms with Crippen molar-refractivity contribution < 1.29 is 4.52 Å². The third-order valence-electron chi connectivity index (χ3n) is 1.74. The van der Waals surface area contributed by atoms with Gasteiger partial charge in [-0.2, -0.15) is 0 Å². The molecule has 0 amide bonds. The number of alkyl halides is 1. The topological polar surface area (TPSA) is 26.0 Å². The summed E-state index contributed by atoms with van der Waals surface area (Å²) in [7, 11) is 0. The van der Waals surface area contributed by atoms with Crippen LogP contribution in [0.2, 0.25) is 0 Å². The van der Waals surface area contributed by atoms with Gasteiger partial charge in [-0.15, -0.1) is 22.9 Å². The third kappa shape index (κ3) is 1.62. The zero-order valence-corrected chi connectivity index (χ0v) is 8.65. The lowest BCUT2D eigenvalue weighted by Gasteiger charge is -1.91. The molecule has 4 heteroatoms. The van der Waals surface area contributed by atoms with Gasteiger partial charge in [0.2, 0.25) is 0 Å². The Balaban J connectivity index is 2.45. The van der Waals surface area contributed by atoms with Gasteiger partial charge in [0.1, 0.15) is 0 Å². The number of hydrogen-bond acceptors (Lipinski definition) is 3. The van der Waals surface area contributed by atoms with E-state index < -0.39 is 0 Å². The maximum absolute atomic E-state index is 5.73. The summed E-state index contributed by atoms with van der Waals surface area (Å²) in [5, 5.41) is 5.81. The van der Waals surface area contributed by atoms with Crippen molar-refractivity contribution in [3.05, 3.63) is 28.8 Å². The second-order valence-electron chi connectivity index (χ2n) is 2.80. The molecule has 2 heterocycles. The van der Waals surface area contributed by atoms with Crippen molar-refractivity contribution in [2.75, 3.05) is 0 Å². The standard InChI is InChI=1S/C9H8ClNOS/c1-6-2-8(13-5-6)9-7(3-10)4-11-12-9/h2,4-5H,3H2,1H3. The van der Waals surface area contributed by atoms with Gasteiger partial charge in [-0.3, -0.25) is 0 Å². The Morgan fingerprint density at radius 3 is 3.08 bits per heavy atom. The number of hydrogen-bond donors (Lipinski definition) is 0. The molecule has 2 nitrogen and oxygen atoms in total. The number of aromatic nitrogens is 1. The van der Waals surface area contributed by atoms with Crippen molar-refractivity contribution in [2.45, 2.75) is 12.8 Å². The number of rotatable bonds is 2. The molecule has 0 saturated heterocycles. The predicted octanol–water partition coefficient (Wildman–Crippen LogP) is 3.45. The first-order valence-electron chi connectivity index (χ1n) is 3.86.